The highest BCUT2D eigenvalue weighted by atomic mass is 79.9. The third-order valence-electron chi connectivity index (χ3n) is 3.07. The largest absolute Gasteiger partial charge is 0.299 e. The summed E-state index contributed by atoms with van der Waals surface area (Å²) >= 11 is 3.33. The van der Waals surface area contributed by atoms with Crippen molar-refractivity contribution < 1.29 is 9.59 Å². The zero-order chi connectivity index (χ0) is 14.4. The Bertz CT molecular complexity index is 739. The second-order valence-electron chi connectivity index (χ2n) is 4.53. The molecule has 0 saturated heterocycles. The van der Waals surface area contributed by atoms with Crippen LogP contribution in [0.1, 0.15) is 21.7 Å². The quantitative estimate of drug-likeness (QED) is 0.765. The van der Waals surface area contributed by atoms with E-state index in [0.29, 0.717) is 17.1 Å². The minimum atomic E-state index is -0.561. The molecule has 7 nitrogen and oxygen atoms in total. The molecular formula is C12H10BrN5O2. The molecule has 0 radical (unpaired) electrons. The van der Waals surface area contributed by atoms with E-state index in [0.717, 1.165) is 10.0 Å². The van der Waals surface area contributed by atoms with Crippen LogP contribution in [0, 0.1) is 6.92 Å². The maximum absolute atomic E-state index is 12.1. The number of tetrazole rings is 1. The molecule has 0 saturated carbocycles. The Balaban J connectivity index is 2.06. The third kappa shape index (κ3) is 1.92. The highest BCUT2D eigenvalue weighted by Crippen LogP contribution is 2.35. The number of aryl methyl sites for hydroxylation is 2. The standard InChI is InChI=1S/C12H10BrN5O2/c1-6-3-7(13)4-8-10(6)18(12(20)11(8)19)5-9-14-16-17(2)15-9/h3-4H,5H2,1-2H3. The molecule has 0 N–H and O–H groups in total. The molecule has 2 heterocycles. The highest BCUT2D eigenvalue weighted by molar-refractivity contribution is 9.10. The highest BCUT2D eigenvalue weighted by Gasteiger charge is 2.37. The number of fused-ring (bicyclic) bond motifs is 1. The number of rotatable bonds is 2. The summed E-state index contributed by atoms with van der Waals surface area (Å²) in [5, 5.41) is 11.6. The fourth-order valence-corrected chi connectivity index (χ4v) is 2.86. The van der Waals surface area contributed by atoms with E-state index in [2.05, 4.69) is 31.3 Å². The Morgan fingerprint density at radius 1 is 1.30 bits per heavy atom. The maximum atomic E-state index is 12.1. The van der Waals surface area contributed by atoms with Crippen LogP contribution >= 0.6 is 15.9 Å². The average molecular weight is 336 g/mol. The van der Waals surface area contributed by atoms with Gasteiger partial charge in [-0.3, -0.25) is 14.5 Å². The van der Waals surface area contributed by atoms with Crippen molar-refractivity contribution in [3.05, 3.63) is 33.6 Å². The number of benzene rings is 1. The molecule has 0 bridgehead atoms. The summed E-state index contributed by atoms with van der Waals surface area (Å²) in [4.78, 5) is 26.9. The van der Waals surface area contributed by atoms with E-state index in [1.807, 2.05) is 13.0 Å². The molecule has 1 aliphatic rings. The fourth-order valence-electron chi connectivity index (χ4n) is 2.29. The monoisotopic (exact) mass is 335 g/mol. The zero-order valence-corrected chi connectivity index (χ0v) is 12.4. The van der Waals surface area contributed by atoms with Crippen LogP contribution in [-0.2, 0) is 18.4 Å². The molecule has 1 aromatic carbocycles. The number of anilines is 1. The average Bonchev–Trinajstić information content (AvgIpc) is 2.88. The van der Waals surface area contributed by atoms with E-state index < -0.39 is 11.7 Å². The predicted octanol–water partition coefficient (Wildman–Crippen LogP) is 1.01. The first-order chi connectivity index (χ1) is 9.47. The lowest BCUT2D eigenvalue weighted by Crippen LogP contribution is -2.30. The molecule has 0 unspecified atom stereocenters. The number of nitrogens with zero attached hydrogens (tertiary/aromatic N) is 5. The van der Waals surface area contributed by atoms with Crippen molar-refractivity contribution in [3.8, 4) is 0 Å². The Morgan fingerprint density at radius 3 is 2.70 bits per heavy atom. The molecule has 1 amide bonds. The third-order valence-corrected chi connectivity index (χ3v) is 3.53. The van der Waals surface area contributed by atoms with Gasteiger partial charge in [0.2, 0.25) is 0 Å². The second-order valence-corrected chi connectivity index (χ2v) is 5.45. The summed E-state index contributed by atoms with van der Waals surface area (Å²) in [7, 11) is 1.64. The van der Waals surface area contributed by atoms with Gasteiger partial charge >= 0.3 is 0 Å². The van der Waals surface area contributed by atoms with Crippen molar-refractivity contribution in [3.63, 3.8) is 0 Å². The number of carbonyl (C=O) groups is 2. The van der Waals surface area contributed by atoms with E-state index in [-0.39, 0.29) is 6.54 Å². The first-order valence-corrected chi connectivity index (χ1v) is 6.66. The zero-order valence-electron chi connectivity index (χ0n) is 10.8. The summed E-state index contributed by atoms with van der Waals surface area (Å²) in [6.07, 6.45) is 0. The molecule has 20 heavy (non-hydrogen) atoms. The number of aromatic nitrogens is 4. The van der Waals surface area contributed by atoms with Gasteiger partial charge in [0.25, 0.3) is 11.7 Å². The lowest BCUT2D eigenvalue weighted by Gasteiger charge is -2.16. The van der Waals surface area contributed by atoms with E-state index in [9.17, 15) is 9.59 Å². The molecular weight excluding hydrogens is 326 g/mol. The first-order valence-electron chi connectivity index (χ1n) is 5.86. The Labute approximate surface area is 122 Å². The number of amides is 1. The Morgan fingerprint density at radius 2 is 2.05 bits per heavy atom. The minimum Gasteiger partial charge on any atom is -0.297 e. The molecule has 0 spiro atoms. The SMILES string of the molecule is Cc1cc(Br)cc2c1N(Cc1nnn(C)n1)C(=O)C2=O. The minimum absolute atomic E-state index is 0.133. The van der Waals surface area contributed by atoms with Crippen LogP contribution in [0.25, 0.3) is 0 Å². The number of hydrogen-bond donors (Lipinski definition) is 0. The van der Waals surface area contributed by atoms with Crippen LogP contribution in [0.4, 0.5) is 5.69 Å². The van der Waals surface area contributed by atoms with Gasteiger partial charge in [-0.1, -0.05) is 15.9 Å². The lowest BCUT2D eigenvalue weighted by atomic mass is 10.1. The lowest BCUT2D eigenvalue weighted by molar-refractivity contribution is -0.114. The molecule has 0 aliphatic carbocycles. The van der Waals surface area contributed by atoms with Crippen molar-refractivity contribution in [1.29, 1.82) is 0 Å². The van der Waals surface area contributed by atoms with Crippen molar-refractivity contribution in [2.45, 2.75) is 13.5 Å². The van der Waals surface area contributed by atoms with Crippen molar-refractivity contribution in [2.75, 3.05) is 4.90 Å². The molecule has 3 rings (SSSR count). The van der Waals surface area contributed by atoms with Crippen LogP contribution < -0.4 is 4.90 Å². The van der Waals surface area contributed by atoms with Gasteiger partial charge in [-0.2, -0.15) is 4.80 Å². The topological polar surface area (TPSA) is 81.0 Å². The van der Waals surface area contributed by atoms with Crippen LogP contribution in [0.15, 0.2) is 16.6 Å². The van der Waals surface area contributed by atoms with Gasteiger partial charge in [-0.25, -0.2) is 0 Å². The van der Waals surface area contributed by atoms with Gasteiger partial charge in [0.15, 0.2) is 5.82 Å². The normalized spacial score (nSPS) is 14.1. The Hall–Kier alpha value is -2.09. The van der Waals surface area contributed by atoms with E-state index in [1.54, 1.807) is 13.1 Å². The van der Waals surface area contributed by atoms with Gasteiger partial charge in [0.05, 0.1) is 24.8 Å². The van der Waals surface area contributed by atoms with Crippen molar-refractivity contribution in [1.82, 2.24) is 20.2 Å². The van der Waals surface area contributed by atoms with Crippen LogP contribution in [-0.4, -0.2) is 31.9 Å². The number of carbonyl (C=O) groups excluding carboxylic acids is 2. The summed E-state index contributed by atoms with van der Waals surface area (Å²) in [5.41, 5.74) is 1.87. The molecule has 102 valence electrons. The first kappa shape index (κ1) is 12.9. The van der Waals surface area contributed by atoms with E-state index >= 15 is 0 Å². The van der Waals surface area contributed by atoms with Gasteiger partial charge in [0.1, 0.15) is 0 Å². The van der Waals surface area contributed by atoms with Crippen LogP contribution in [0.2, 0.25) is 0 Å². The smallest absolute Gasteiger partial charge is 0.297 e. The van der Waals surface area contributed by atoms with E-state index in [1.165, 1.54) is 9.70 Å². The fraction of sp³-hybridized carbons (Fsp3) is 0.250. The molecule has 0 atom stereocenters. The van der Waals surface area contributed by atoms with Gasteiger partial charge < -0.3 is 0 Å². The molecule has 8 heteroatoms. The molecule has 0 fully saturated rings. The van der Waals surface area contributed by atoms with Crippen LogP contribution in [0.5, 0.6) is 0 Å². The summed E-state index contributed by atoms with van der Waals surface area (Å²) in [6, 6.07) is 3.52. The van der Waals surface area contributed by atoms with Crippen LogP contribution in [0.3, 0.4) is 0 Å². The Kier molecular flexibility index (Phi) is 2.89. The van der Waals surface area contributed by atoms with Gasteiger partial charge in [0, 0.05) is 4.47 Å². The van der Waals surface area contributed by atoms with E-state index in [4.69, 9.17) is 0 Å². The van der Waals surface area contributed by atoms with Crippen molar-refractivity contribution >= 4 is 33.3 Å². The summed E-state index contributed by atoms with van der Waals surface area (Å²) in [6.45, 7) is 1.99. The van der Waals surface area contributed by atoms with Gasteiger partial charge in [-0.05, 0) is 29.8 Å². The number of halogens is 1. The second kappa shape index (κ2) is 4.48. The predicted molar refractivity (Wildman–Crippen MR) is 73.2 cm³/mol. The number of hydrogen-bond acceptors (Lipinski definition) is 5. The molecule has 1 aliphatic heterocycles. The number of Topliss-reactive ketones (excluding diaryl/α,β-unsaturated/α-hetero) is 1. The molecule has 1 aromatic heterocycles. The number of ketones is 1. The summed E-state index contributed by atoms with van der Waals surface area (Å²) in [5.74, 6) is -0.675. The van der Waals surface area contributed by atoms with Gasteiger partial charge in [-0.15, -0.1) is 10.2 Å². The molecule has 2 aromatic rings. The maximum Gasteiger partial charge on any atom is 0.299 e. The van der Waals surface area contributed by atoms with Crippen molar-refractivity contribution in [2.24, 2.45) is 7.05 Å². The summed E-state index contributed by atoms with van der Waals surface area (Å²) < 4.78 is 0.773.